The molecule has 0 aromatic heterocycles. The van der Waals surface area contributed by atoms with Gasteiger partial charge < -0.3 is 14.7 Å². The zero-order valence-electron chi connectivity index (χ0n) is 13.4. The van der Waals surface area contributed by atoms with Gasteiger partial charge in [0, 0.05) is 13.1 Å². The zero-order chi connectivity index (χ0) is 16.3. The summed E-state index contributed by atoms with van der Waals surface area (Å²) in [5.41, 5.74) is 0.0883. The number of benzene rings is 1. The fourth-order valence-electron chi connectivity index (χ4n) is 2.69. The quantitative estimate of drug-likeness (QED) is 0.909. The Labute approximate surface area is 130 Å². The van der Waals surface area contributed by atoms with Crippen LogP contribution in [0.1, 0.15) is 45.3 Å². The van der Waals surface area contributed by atoms with E-state index in [0.29, 0.717) is 31.5 Å². The molecular weight excluding hydrogens is 285 g/mol. The summed E-state index contributed by atoms with van der Waals surface area (Å²) in [6.45, 7) is 6.61. The van der Waals surface area contributed by atoms with Gasteiger partial charge in [-0.15, -0.1) is 0 Å². The summed E-state index contributed by atoms with van der Waals surface area (Å²) in [5, 5.41) is 10.4. The highest BCUT2D eigenvalue weighted by atomic mass is 19.1. The molecule has 1 aromatic rings. The lowest BCUT2D eigenvalue weighted by molar-refractivity contribution is 0.00764. The second-order valence-electron chi connectivity index (χ2n) is 6.80. The summed E-state index contributed by atoms with van der Waals surface area (Å²) in [5.74, 6) is -0.316. The molecule has 0 bridgehead atoms. The van der Waals surface area contributed by atoms with E-state index < -0.39 is 11.7 Å². The molecule has 1 amide bonds. The summed E-state index contributed by atoms with van der Waals surface area (Å²) in [6.07, 6.45) is 0.344. The molecule has 1 saturated heterocycles. The molecule has 1 heterocycles. The summed E-state index contributed by atoms with van der Waals surface area (Å²) in [6, 6.07) is 6.06. The van der Waals surface area contributed by atoms with E-state index >= 15 is 0 Å². The highest BCUT2D eigenvalue weighted by Crippen LogP contribution is 2.31. The van der Waals surface area contributed by atoms with Gasteiger partial charge in [0.1, 0.15) is 11.4 Å². The maximum atomic E-state index is 13.2. The number of hydrogen-bond acceptors (Lipinski definition) is 3. The van der Waals surface area contributed by atoms with Crippen molar-refractivity contribution in [3.63, 3.8) is 0 Å². The Morgan fingerprint density at radius 2 is 2.00 bits per heavy atom. The van der Waals surface area contributed by atoms with Gasteiger partial charge in [-0.25, -0.2) is 9.18 Å². The maximum absolute atomic E-state index is 13.2. The molecule has 0 spiro atoms. The molecule has 1 aliphatic heterocycles. The van der Waals surface area contributed by atoms with Crippen LogP contribution in [0.15, 0.2) is 24.3 Å². The topological polar surface area (TPSA) is 49.8 Å². The molecule has 1 aliphatic rings. The molecule has 1 unspecified atom stereocenters. The number of rotatable bonds is 2. The molecule has 1 N–H and O–H groups in total. The lowest BCUT2D eigenvalue weighted by Crippen LogP contribution is -2.42. The molecule has 1 fully saturated rings. The van der Waals surface area contributed by atoms with Crippen LogP contribution >= 0.6 is 0 Å². The minimum atomic E-state index is -0.698. The van der Waals surface area contributed by atoms with Crippen LogP contribution in [0.25, 0.3) is 0 Å². The number of carbonyl (C=O) groups excluding carboxylic acids is 1. The van der Waals surface area contributed by atoms with Crippen molar-refractivity contribution in [2.75, 3.05) is 13.1 Å². The molecule has 0 saturated carbocycles. The average Bonchev–Trinajstić information content (AvgIpc) is 2.45. The minimum Gasteiger partial charge on any atom is -0.444 e. The van der Waals surface area contributed by atoms with Crippen LogP contribution in [0.4, 0.5) is 9.18 Å². The second-order valence-corrected chi connectivity index (χ2v) is 6.80. The van der Waals surface area contributed by atoms with E-state index in [0.717, 1.165) is 0 Å². The molecule has 1 atom stereocenters. The van der Waals surface area contributed by atoms with Crippen molar-refractivity contribution in [2.45, 2.75) is 45.3 Å². The fraction of sp³-hybridized carbons (Fsp3) is 0.588. The number of amides is 1. The smallest absolute Gasteiger partial charge is 0.410 e. The van der Waals surface area contributed by atoms with Gasteiger partial charge in [-0.05, 0) is 57.2 Å². The SMILES string of the molecule is CC(C)(C)OC(=O)N1CCC(C(O)c2cccc(F)c2)CC1. The van der Waals surface area contributed by atoms with E-state index in [1.807, 2.05) is 20.8 Å². The first-order chi connectivity index (χ1) is 10.3. The Hall–Kier alpha value is -1.62. The molecule has 5 heteroatoms. The van der Waals surface area contributed by atoms with Crippen LogP contribution in [0.3, 0.4) is 0 Å². The van der Waals surface area contributed by atoms with Crippen molar-refractivity contribution < 1.29 is 19.0 Å². The van der Waals surface area contributed by atoms with Crippen LogP contribution in [-0.2, 0) is 4.74 Å². The van der Waals surface area contributed by atoms with Crippen molar-refractivity contribution in [3.05, 3.63) is 35.6 Å². The first kappa shape index (κ1) is 16.7. The number of piperidine rings is 1. The van der Waals surface area contributed by atoms with E-state index in [-0.39, 0.29) is 17.8 Å². The Bertz CT molecular complexity index is 519. The van der Waals surface area contributed by atoms with Crippen molar-refractivity contribution in [1.82, 2.24) is 4.90 Å². The van der Waals surface area contributed by atoms with Gasteiger partial charge >= 0.3 is 6.09 Å². The third-order valence-electron chi connectivity index (χ3n) is 3.83. The number of halogens is 1. The zero-order valence-corrected chi connectivity index (χ0v) is 13.4. The summed E-state index contributed by atoms with van der Waals surface area (Å²) in [4.78, 5) is 13.7. The molecule has 0 radical (unpaired) electrons. The number of carbonyl (C=O) groups is 1. The monoisotopic (exact) mass is 309 g/mol. The predicted molar refractivity (Wildman–Crippen MR) is 81.9 cm³/mol. The third kappa shape index (κ3) is 4.44. The number of nitrogens with zero attached hydrogens (tertiary/aromatic N) is 1. The Morgan fingerprint density at radius 3 is 2.55 bits per heavy atom. The molecule has 4 nitrogen and oxygen atoms in total. The van der Waals surface area contributed by atoms with Gasteiger partial charge in [-0.2, -0.15) is 0 Å². The van der Waals surface area contributed by atoms with Gasteiger partial charge in [0.25, 0.3) is 0 Å². The summed E-state index contributed by atoms with van der Waals surface area (Å²) < 4.78 is 18.6. The highest BCUT2D eigenvalue weighted by Gasteiger charge is 2.30. The van der Waals surface area contributed by atoms with Crippen LogP contribution < -0.4 is 0 Å². The average molecular weight is 309 g/mol. The molecule has 22 heavy (non-hydrogen) atoms. The summed E-state index contributed by atoms with van der Waals surface area (Å²) in [7, 11) is 0. The number of likely N-dealkylation sites (tertiary alicyclic amines) is 1. The molecular formula is C17H24FNO3. The predicted octanol–water partition coefficient (Wildman–Crippen LogP) is 3.51. The Balaban J connectivity index is 1.90. The maximum Gasteiger partial charge on any atom is 0.410 e. The van der Waals surface area contributed by atoms with E-state index in [1.165, 1.54) is 12.1 Å². The van der Waals surface area contributed by atoms with E-state index in [9.17, 15) is 14.3 Å². The first-order valence-corrected chi connectivity index (χ1v) is 7.68. The van der Waals surface area contributed by atoms with E-state index in [2.05, 4.69) is 0 Å². The molecule has 122 valence electrons. The largest absolute Gasteiger partial charge is 0.444 e. The minimum absolute atomic E-state index is 0.0282. The third-order valence-corrected chi connectivity index (χ3v) is 3.83. The standard InChI is InChI=1S/C17H24FNO3/c1-17(2,3)22-16(21)19-9-7-12(8-10-19)15(20)13-5-4-6-14(18)11-13/h4-6,11-12,15,20H,7-10H2,1-3H3. The van der Waals surface area contributed by atoms with Crippen LogP contribution in [0, 0.1) is 11.7 Å². The van der Waals surface area contributed by atoms with Crippen molar-refractivity contribution in [3.8, 4) is 0 Å². The van der Waals surface area contributed by atoms with Crippen molar-refractivity contribution in [1.29, 1.82) is 0 Å². The van der Waals surface area contributed by atoms with Gasteiger partial charge in [-0.3, -0.25) is 0 Å². The van der Waals surface area contributed by atoms with E-state index in [4.69, 9.17) is 4.74 Å². The number of aliphatic hydroxyl groups excluding tert-OH is 1. The number of aliphatic hydroxyl groups is 1. The Morgan fingerprint density at radius 1 is 1.36 bits per heavy atom. The molecule has 1 aromatic carbocycles. The Kier molecular flexibility index (Phi) is 5.06. The van der Waals surface area contributed by atoms with Crippen LogP contribution in [0.2, 0.25) is 0 Å². The fourth-order valence-corrected chi connectivity index (χ4v) is 2.69. The summed E-state index contributed by atoms with van der Waals surface area (Å²) >= 11 is 0. The highest BCUT2D eigenvalue weighted by molar-refractivity contribution is 5.68. The van der Waals surface area contributed by atoms with Gasteiger partial charge in [0.05, 0.1) is 6.10 Å². The number of hydrogen-bond donors (Lipinski definition) is 1. The van der Waals surface area contributed by atoms with E-state index in [1.54, 1.807) is 17.0 Å². The lowest BCUT2D eigenvalue weighted by Gasteiger charge is -2.35. The van der Waals surface area contributed by atoms with Crippen LogP contribution in [-0.4, -0.2) is 34.8 Å². The number of ether oxygens (including phenoxy) is 1. The molecule has 0 aliphatic carbocycles. The van der Waals surface area contributed by atoms with Gasteiger partial charge in [0.15, 0.2) is 0 Å². The van der Waals surface area contributed by atoms with Gasteiger partial charge in [0.2, 0.25) is 0 Å². The van der Waals surface area contributed by atoms with Crippen molar-refractivity contribution >= 4 is 6.09 Å². The lowest BCUT2D eigenvalue weighted by atomic mass is 9.87. The van der Waals surface area contributed by atoms with Gasteiger partial charge in [-0.1, -0.05) is 12.1 Å². The molecule has 2 rings (SSSR count). The second kappa shape index (κ2) is 6.65. The van der Waals surface area contributed by atoms with Crippen molar-refractivity contribution in [2.24, 2.45) is 5.92 Å². The van der Waals surface area contributed by atoms with Crippen LogP contribution in [0.5, 0.6) is 0 Å². The normalized spacial score (nSPS) is 18.1. The first-order valence-electron chi connectivity index (χ1n) is 7.68.